The summed E-state index contributed by atoms with van der Waals surface area (Å²) in [6.07, 6.45) is 0. The van der Waals surface area contributed by atoms with Crippen LogP contribution < -0.4 is 15.2 Å². The first-order valence-electron chi connectivity index (χ1n) is 4.34. The molecule has 1 aromatic carbocycles. The minimum atomic E-state index is 0.0219. The van der Waals surface area contributed by atoms with Crippen LogP contribution in [0.5, 0.6) is 11.5 Å². The van der Waals surface area contributed by atoms with Crippen molar-refractivity contribution in [3.8, 4) is 11.5 Å². The van der Waals surface area contributed by atoms with Crippen LogP contribution in [-0.2, 0) is 0 Å². The molecule has 0 aromatic heterocycles. The Morgan fingerprint density at radius 1 is 1.43 bits per heavy atom. The monoisotopic (exact) mass is 194 g/mol. The number of amidine groups is 1. The van der Waals surface area contributed by atoms with E-state index in [1.54, 1.807) is 25.3 Å². The van der Waals surface area contributed by atoms with E-state index in [1.807, 2.05) is 6.92 Å². The molecule has 0 amide bonds. The number of ether oxygens (including phenoxy) is 2. The second kappa shape index (κ2) is 4.50. The number of hydrogen-bond donors (Lipinski definition) is 2. The highest BCUT2D eigenvalue weighted by molar-refractivity contribution is 5.95. The van der Waals surface area contributed by atoms with Gasteiger partial charge in [0.1, 0.15) is 5.84 Å². The van der Waals surface area contributed by atoms with Crippen LogP contribution in [-0.4, -0.2) is 19.6 Å². The smallest absolute Gasteiger partial charge is 0.161 e. The first kappa shape index (κ1) is 10.4. The van der Waals surface area contributed by atoms with Crippen LogP contribution in [0, 0.1) is 5.41 Å². The summed E-state index contributed by atoms with van der Waals surface area (Å²) in [4.78, 5) is 0. The van der Waals surface area contributed by atoms with Crippen molar-refractivity contribution in [2.24, 2.45) is 5.73 Å². The van der Waals surface area contributed by atoms with Crippen LogP contribution in [0.3, 0.4) is 0 Å². The average molecular weight is 194 g/mol. The van der Waals surface area contributed by atoms with E-state index in [0.717, 1.165) is 0 Å². The van der Waals surface area contributed by atoms with Gasteiger partial charge in [-0.2, -0.15) is 0 Å². The van der Waals surface area contributed by atoms with Gasteiger partial charge in [0.2, 0.25) is 0 Å². The molecule has 0 aliphatic carbocycles. The van der Waals surface area contributed by atoms with E-state index >= 15 is 0 Å². The maximum absolute atomic E-state index is 7.27. The Bertz CT molecular complexity index is 337. The predicted octanol–water partition coefficient (Wildman–Crippen LogP) is 1.38. The van der Waals surface area contributed by atoms with Gasteiger partial charge >= 0.3 is 0 Å². The molecule has 0 unspecified atom stereocenters. The molecular formula is C10H14N2O2. The molecule has 0 heterocycles. The molecule has 0 bridgehead atoms. The average Bonchev–Trinajstić information content (AvgIpc) is 2.18. The highest BCUT2D eigenvalue weighted by atomic mass is 16.5. The van der Waals surface area contributed by atoms with Crippen molar-refractivity contribution in [2.45, 2.75) is 6.92 Å². The van der Waals surface area contributed by atoms with Crippen molar-refractivity contribution in [3.63, 3.8) is 0 Å². The Morgan fingerprint density at radius 3 is 2.64 bits per heavy atom. The van der Waals surface area contributed by atoms with Crippen molar-refractivity contribution in [1.29, 1.82) is 5.41 Å². The zero-order valence-corrected chi connectivity index (χ0v) is 8.33. The summed E-state index contributed by atoms with van der Waals surface area (Å²) in [7, 11) is 1.57. The number of rotatable bonds is 4. The number of benzene rings is 1. The van der Waals surface area contributed by atoms with Gasteiger partial charge in [0.25, 0.3) is 0 Å². The molecule has 4 heteroatoms. The first-order valence-corrected chi connectivity index (χ1v) is 4.34. The molecule has 0 spiro atoms. The fourth-order valence-electron chi connectivity index (χ4n) is 1.11. The molecule has 76 valence electrons. The fourth-order valence-corrected chi connectivity index (χ4v) is 1.11. The summed E-state index contributed by atoms with van der Waals surface area (Å²) in [5.74, 6) is 1.29. The SMILES string of the molecule is CCOc1cc(C(=N)N)ccc1OC. The molecule has 0 aliphatic heterocycles. The van der Waals surface area contributed by atoms with Crippen molar-refractivity contribution < 1.29 is 9.47 Å². The second-order valence-corrected chi connectivity index (χ2v) is 2.71. The summed E-state index contributed by atoms with van der Waals surface area (Å²) in [6, 6.07) is 5.16. The summed E-state index contributed by atoms with van der Waals surface area (Å²) in [5.41, 5.74) is 5.99. The first-order chi connectivity index (χ1) is 6.69. The summed E-state index contributed by atoms with van der Waals surface area (Å²) in [5, 5.41) is 7.27. The van der Waals surface area contributed by atoms with Gasteiger partial charge in [-0.1, -0.05) is 0 Å². The third-order valence-electron chi connectivity index (χ3n) is 1.77. The van der Waals surface area contributed by atoms with Crippen LogP contribution in [0.2, 0.25) is 0 Å². The van der Waals surface area contributed by atoms with Gasteiger partial charge in [-0.3, -0.25) is 5.41 Å². The number of nitrogens with two attached hydrogens (primary N) is 1. The van der Waals surface area contributed by atoms with Crippen molar-refractivity contribution in [1.82, 2.24) is 0 Å². The van der Waals surface area contributed by atoms with E-state index < -0.39 is 0 Å². The lowest BCUT2D eigenvalue weighted by Crippen LogP contribution is -2.11. The summed E-state index contributed by atoms with van der Waals surface area (Å²) in [6.45, 7) is 2.44. The van der Waals surface area contributed by atoms with Crippen LogP contribution in [0.25, 0.3) is 0 Å². The number of nitrogens with one attached hydrogen (secondary N) is 1. The number of hydrogen-bond acceptors (Lipinski definition) is 3. The Hall–Kier alpha value is -1.71. The quantitative estimate of drug-likeness (QED) is 0.562. The number of methoxy groups -OCH3 is 1. The van der Waals surface area contributed by atoms with Gasteiger partial charge in [-0.15, -0.1) is 0 Å². The zero-order chi connectivity index (χ0) is 10.6. The zero-order valence-electron chi connectivity index (χ0n) is 8.33. The Morgan fingerprint density at radius 2 is 2.14 bits per heavy atom. The lowest BCUT2D eigenvalue weighted by molar-refractivity contribution is 0.311. The van der Waals surface area contributed by atoms with Crippen LogP contribution >= 0.6 is 0 Å². The van der Waals surface area contributed by atoms with Gasteiger partial charge in [0.05, 0.1) is 13.7 Å². The van der Waals surface area contributed by atoms with Crippen LogP contribution in [0.15, 0.2) is 18.2 Å². The molecule has 0 saturated carbocycles. The maximum Gasteiger partial charge on any atom is 0.161 e. The summed E-state index contributed by atoms with van der Waals surface area (Å²) >= 11 is 0. The molecule has 0 atom stereocenters. The van der Waals surface area contributed by atoms with Gasteiger partial charge < -0.3 is 15.2 Å². The van der Waals surface area contributed by atoms with Crippen molar-refractivity contribution in [2.75, 3.05) is 13.7 Å². The highest BCUT2D eigenvalue weighted by Crippen LogP contribution is 2.27. The van der Waals surface area contributed by atoms with E-state index in [4.69, 9.17) is 20.6 Å². The number of nitrogen functional groups attached to an aromatic ring is 1. The Labute approximate surface area is 83.1 Å². The molecular weight excluding hydrogens is 180 g/mol. The van der Waals surface area contributed by atoms with Crippen LogP contribution in [0.1, 0.15) is 12.5 Å². The molecule has 0 fully saturated rings. The lowest BCUT2D eigenvalue weighted by atomic mass is 10.2. The minimum Gasteiger partial charge on any atom is -0.493 e. The van der Waals surface area contributed by atoms with Gasteiger partial charge in [-0.05, 0) is 25.1 Å². The molecule has 0 aliphatic rings. The van der Waals surface area contributed by atoms with E-state index in [0.29, 0.717) is 23.7 Å². The van der Waals surface area contributed by atoms with E-state index in [2.05, 4.69) is 0 Å². The largest absolute Gasteiger partial charge is 0.493 e. The second-order valence-electron chi connectivity index (χ2n) is 2.71. The molecule has 1 rings (SSSR count). The van der Waals surface area contributed by atoms with Gasteiger partial charge in [-0.25, -0.2) is 0 Å². The lowest BCUT2D eigenvalue weighted by Gasteiger charge is -2.10. The van der Waals surface area contributed by atoms with Crippen molar-refractivity contribution in [3.05, 3.63) is 23.8 Å². The van der Waals surface area contributed by atoms with Gasteiger partial charge in [0, 0.05) is 5.56 Å². The molecule has 3 N–H and O–H groups in total. The van der Waals surface area contributed by atoms with E-state index in [-0.39, 0.29) is 5.84 Å². The molecule has 4 nitrogen and oxygen atoms in total. The molecule has 14 heavy (non-hydrogen) atoms. The molecule has 0 radical (unpaired) electrons. The molecule has 1 aromatic rings. The third kappa shape index (κ3) is 2.16. The maximum atomic E-state index is 7.27. The van der Waals surface area contributed by atoms with E-state index in [9.17, 15) is 0 Å². The predicted molar refractivity (Wildman–Crippen MR) is 55.2 cm³/mol. The summed E-state index contributed by atoms with van der Waals surface area (Å²) < 4.78 is 10.4. The van der Waals surface area contributed by atoms with Crippen molar-refractivity contribution >= 4 is 5.84 Å². The minimum absolute atomic E-state index is 0.0219. The van der Waals surface area contributed by atoms with Gasteiger partial charge in [0.15, 0.2) is 11.5 Å². The topological polar surface area (TPSA) is 68.3 Å². The Balaban J connectivity index is 3.07. The highest BCUT2D eigenvalue weighted by Gasteiger charge is 2.06. The Kier molecular flexibility index (Phi) is 3.34. The van der Waals surface area contributed by atoms with Crippen LogP contribution in [0.4, 0.5) is 0 Å². The third-order valence-corrected chi connectivity index (χ3v) is 1.77. The molecule has 0 saturated heterocycles. The standard InChI is InChI=1S/C10H14N2O2/c1-3-14-9-6-7(10(11)12)4-5-8(9)13-2/h4-6H,3H2,1-2H3,(H3,11,12). The van der Waals surface area contributed by atoms with E-state index in [1.165, 1.54) is 0 Å². The fraction of sp³-hybridized carbons (Fsp3) is 0.300. The normalized spacial score (nSPS) is 9.57.